The molecule has 0 spiro atoms. The highest BCUT2D eigenvalue weighted by Crippen LogP contribution is 2.20. The number of piperidine rings is 1. The number of amides is 2. The van der Waals surface area contributed by atoms with Crippen LogP contribution in [0, 0.1) is 17.2 Å². The Kier molecular flexibility index (Phi) is 6.21. The van der Waals surface area contributed by atoms with Gasteiger partial charge in [0.15, 0.2) is 0 Å². The van der Waals surface area contributed by atoms with Crippen LogP contribution in [0.15, 0.2) is 29.2 Å². The van der Waals surface area contributed by atoms with Crippen molar-refractivity contribution in [2.24, 2.45) is 5.92 Å². The molecule has 1 aliphatic rings. The molecule has 0 unspecified atom stereocenters. The summed E-state index contributed by atoms with van der Waals surface area (Å²) in [5.41, 5.74) is 0. The highest BCUT2D eigenvalue weighted by molar-refractivity contribution is 7.99. The summed E-state index contributed by atoms with van der Waals surface area (Å²) in [4.78, 5) is 14.9. The Bertz CT molecular complexity index is 507. The summed E-state index contributed by atoms with van der Waals surface area (Å²) in [7, 11) is 0. The van der Waals surface area contributed by atoms with Gasteiger partial charge in [-0.25, -0.2) is 4.79 Å². The van der Waals surface area contributed by atoms with Crippen molar-refractivity contribution in [1.82, 2.24) is 10.2 Å². The summed E-state index contributed by atoms with van der Waals surface area (Å²) in [6.07, 6.45) is 1.56. The second kappa shape index (κ2) is 8.16. The van der Waals surface area contributed by atoms with Crippen molar-refractivity contribution in [2.75, 3.05) is 25.4 Å². The van der Waals surface area contributed by atoms with Crippen molar-refractivity contribution in [3.63, 3.8) is 0 Å². The quantitative estimate of drug-likeness (QED) is 0.682. The van der Waals surface area contributed by atoms with E-state index in [2.05, 4.69) is 11.4 Å². The highest BCUT2D eigenvalue weighted by atomic mass is 35.5. The van der Waals surface area contributed by atoms with Gasteiger partial charge in [0.2, 0.25) is 0 Å². The minimum Gasteiger partial charge on any atom is -0.337 e. The standard InChI is InChI=1S/C15H18ClN3OS/c16-13-1-3-14(4-2-13)21-10-7-18-15(20)19-8-5-12(11-17)6-9-19/h1-4,12H,5-10H2,(H,18,20). The fraction of sp³-hybridized carbons (Fsp3) is 0.467. The molecule has 2 amide bonds. The normalized spacial score (nSPS) is 15.5. The van der Waals surface area contributed by atoms with Crippen LogP contribution in [0.3, 0.4) is 0 Å². The molecular formula is C15H18ClN3OS. The molecule has 1 aliphatic heterocycles. The molecular weight excluding hydrogens is 306 g/mol. The smallest absolute Gasteiger partial charge is 0.317 e. The van der Waals surface area contributed by atoms with Crippen LogP contribution >= 0.6 is 23.4 Å². The molecule has 1 aromatic rings. The Morgan fingerprint density at radius 1 is 1.38 bits per heavy atom. The predicted molar refractivity (Wildman–Crippen MR) is 85.5 cm³/mol. The monoisotopic (exact) mass is 323 g/mol. The van der Waals surface area contributed by atoms with Gasteiger partial charge in [0.05, 0.1) is 6.07 Å². The number of benzene rings is 1. The molecule has 0 bridgehead atoms. The van der Waals surface area contributed by atoms with Gasteiger partial charge in [-0.3, -0.25) is 0 Å². The first kappa shape index (κ1) is 16.0. The number of thioether (sulfide) groups is 1. The number of carbonyl (C=O) groups excluding carboxylic acids is 1. The van der Waals surface area contributed by atoms with E-state index in [1.165, 1.54) is 0 Å². The first-order valence-corrected chi connectivity index (χ1v) is 8.36. The lowest BCUT2D eigenvalue weighted by atomic mass is 9.99. The lowest BCUT2D eigenvalue weighted by Crippen LogP contribution is -2.44. The minimum absolute atomic E-state index is 0.0249. The fourth-order valence-electron chi connectivity index (χ4n) is 2.18. The van der Waals surface area contributed by atoms with Crippen LogP contribution < -0.4 is 5.32 Å². The lowest BCUT2D eigenvalue weighted by Gasteiger charge is -2.29. The number of halogens is 1. The van der Waals surface area contributed by atoms with Gasteiger partial charge >= 0.3 is 6.03 Å². The molecule has 6 heteroatoms. The zero-order chi connectivity index (χ0) is 15.1. The van der Waals surface area contributed by atoms with Crippen LogP contribution in [0.2, 0.25) is 5.02 Å². The number of likely N-dealkylation sites (tertiary alicyclic amines) is 1. The van der Waals surface area contributed by atoms with Crippen LogP contribution in [-0.4, -0.2) is 36.3 Å². The Hall–Kier alpha value is -1.38. The molecule has 0 radical (unpaired) electrons. The summed E-state index contributed by atoms with van der Waals surface area (Å²) >= 11 is 7.52. The molecule has 0 atom stereocenters. The van der Waals surface area contributed by atoms with E-state index in [0.29, 0.717) is 19.6 Å². The van der Waals surface area contributed by atoms with Crippen LogP contribution in [0.1, 0.15) is 12.8 Å². The average molecular weight is 324 g/mol. The van der Waals surface area contributed by atoms with E-state index >= 15 is 0 Å². The summed E-state index contributed by atoms with van der Waals surface area (Å²) in [6, 6.07) is 9.91. The topological polar surface area (TPSA) is 56.1 Å². The maximum absolute atomic E-state index is 12.0. The number of hydrogen-bond donors (Lipinski definition) is 1. The maximum Gasteiger partial charge on any atom is 0.317 e. The summed E-state index contributed by atoms with van der Waals surface area (Å²) in [5.74, 6) is 0.927. The first-order chi connectivity index (χ1) is 10.2. The lowest BCUT2D eigenvalue weighted by molar-refractivity contribution is 0.179. The third kappa shape index (κ3) is 5.14. The largest absolute Gasteiger partial charge is 0.337 e. The van der Waals surface area contributed by atoms with Gasteiger partial charge in [0.25, 0.3) is 0 Å². The van der Waals surface area contributed by atoms with Crippen molar-refractivity contribution >= 4 is 29.4 Å². The van der Waals surface area contributed by atoms with E-state index in [4.69, 9.17) is 16.9 Å². The van der Waals surface area contributed by atoms with E-state index < -0.39 is 0 Å². The predicted octanol–water partition coefficient (Wildman–Crippen LogP) is 3.38. The van der Waals surface area contributed by atoms with Gasteiger partial charge in [-0.1, -0.05) is 11.6 Å². The van der Waals surface area contributed by atoms with Crippen molar-refractivity contribution in [2.45, 2.75) is 17.7 Å². The summed E-state index contributed by atoms with van der Waals surface area (Å²) < 4.78 is 0. The second-order valence-electron chi connectivity index (χ2n) is 4.92. The number of hydrogen-bond acceptors (Lipinski definition) is 3. The molecule has 1 N–H and O–H groups in total. The molecule has 1 fully saturated rings. The number of nitrogens with zero attached hydrogens (tertiary/aromatic N) is 2. The van der Waals surface area contributed by atoms with Crippen LogP contribution in [0.25, 0.3) is 0 Å². The maximum atomic E-state index is 12.0. The van der Waals surface area contributed by atoms with Crippen molar-refractivity contribution in [1.29, 1.82) is 5.26 Å². The summed E-state index contributed by atoms with van der Waals surface area (Å²) in [6.45, 7) is 1.98. The zero-order valence-corrected chi connectivity index (χ0v) is 13.3. The fourth-order valence-corrected chi connectivity index (χ4v) is 3.08. The number of urea groups is 1. The van der Waals surface area contributed by atoms with Gasteiger partial charge in [0, 0.05) is 41.2 Å². The van der Waals surface area contributed by atoms with Crippen LogP contribution in [-0.2, 0) is 0 Å². The number of nitrogens with one attached hydrogen (secondary N) is 1. The Labute approximate surface area is 134 Å². The average Bonchev–Trinajstić information content (AvgIpc) is 2.53. The van der Waals surface area contributed by atoms with Crippen molar-refractivity contribution in [3.05, 3.63) is 29.3 Å². The van der Waals surface area contributed by atoms with E-state index in [-0.39, 0.29) is 11.9 Å². The number of nitriles is 1. The molecule has 1 saturated heterocycles. The highest BCUT2D eigenvalue weighted by Gasteiger charge is 2.21. The molecule has 1 heterocycles. The molecule has 4 nitrogen and oxygen atoms in total. The van der Waals surface area contributed by atoms with Gasteiger partial charge in [0.1, 0.15) is 0 Å². The first-order valence-electron chi connectivity index (χ1n) is 7.00. The van der Waals surface area contributed by atoms with E-state index in [1.807, 2.05) is 24.3 Å². The Balaban J connectivity index is 1.63. The van der Waals surface area contributed by atoms with Gasteiger partial charge in [-0.2, -0.15) is 5.26 Å². The van der Waals surface area contributed by atoms with Crippen molar-refractivity contribution < 1.29 is 4.79 Å². The third-order valence-corrected chi connectivity index (χ3v) is 4.69. The Morgan fingerprint density at radius 3 is 2.67 bits per heavy atom. The van der Waals surface area contributed by atoms with Crippen molar-refractivity contribution in [3.8, 4) is 6.07 Å². The van der Waals surface area contributed by atoms with E-state index in [1.54, 1.807) is 16.7 Å². The molecule has 0 aromatic heterocycles. The van der Waals surface area contributed by atoms with E-state index in [0.717, 1.165) is 28.5 Å². The zero-order valence-electron chi connectivity index (χ0n) is 11.7. The Morgan fingerprint density at radius 2 is 2.05 bits per heavy atom. The molecule has 1 aromatic carbocycles. The van der Waals surface area contributed by atoms with E-state index in [9.17, 15) is 4.79 Å². The molecule has 0 saturated carbocycles. The van der Waals surface area contributed by atoms with Gasteiger partial charge < -0.3 is 10.2 Å². The van der Waals surface area contributed by atoms with Crippen LogP contribution in [0.4, 0.5) is 4.79 Å². The molecule has 0 aliphatic carbocycles. The third-order valence-electron chi connectivity index (χ3n) is 3.43. The second-order valence-corrected chi connectivity index (χ2v) is 6.53. The summed E-state index contributed by atoms with van der Waals surface area (Å²) in [5, 5.41) is 12.5. The number of rotatable bonds is 4. The molecule has 112 valence electrons. The molecule has 2 rings (SSSR count). The SMILES string of the molecule is N#CC1CCN(C(=O)NCCSc2ccc(Cl)cc2)CC1. The number of carbonyl (C=O) groups is 1. The van der Waals surface area contributed by atoms with Crippen LogP contribution in [0.5, 0.6) is 0 Å². The molecule has 21 heavy (non-hydrogen) atoms. The van der Waals surface area contributed by atoms with Gasteiger partial charge in [-0.05, 0) is 37.1 Å². The minimum atomic E-state index is -0.0249. The van der Waals surface area contributed by atoms with Gasteiger partial charge in [-0.15, -0.1) is 11.8 Å².